The van der Waals surface area contributed by atoms with Gasteiger partial charge in [-0.25, -0.2) is 5.10 Å². The van der Waals surface area contributed by atoms with Gasteiger partial charge in [0.25, 0.3) is 0 Å². The number of hydrogen-bond acceptors (Lipinski definition) is 3. The normalized spacial score (nSPS) is 10.3. The Morgan fingerprint density at radius 1 is 1.38 bits per heavy atom. The second kappa shape index (κ2) is 3.26. The molecule has 5 heteroatoms. The van der Waals surface area contributed by atoms with Crippen LogP contribution >= 0.6 is 15.9 Å². The van der Waals surface area contributed by atoms with Crippen LogP contribution in [0.3, 0.4) is 0 Å². The third-order valence-corrected chi connectivity index (χ3v) is 2.64. The molecule has 0 saturated heterocycles. The molecule has 2 aromatic rings. The summed E-state index contributed by atoms with van der Waals surface area (Å²) in [5.41, 5.74) is 2.17. The summed E-state index contributed by atoms with van der Waals surface area (Å²) in [7, 11) is 0. The SMILES string of the molecule is Cc1ccc(-c2nnn[nH]2)cc1Br. The zero-order chi connectivity index (χ0) is 9.26. The van der Waals surface area contributed by atoms with Gasteiger partial charge in [0.15, 0.2) is 5.82 Å². The smallest absolute Gasteiger partial charge is 0.179 e. The molecule has 1 N–H and O–H groups in total. The topological polar surface area (TPSA) is 54.5 Å². The second-order valence-electron chi connectivity index (χ2n) is 2.71. The van der Waals surface area contributed by atoms with E-state index in [0.29, 0.717) is 5.82 Å². The lowest BCUT2D eigenvalue weighted by Crippen LogP contribution is -1.82. The van der Waals surface area contributed by atoms with E-state index >= 15 is 0 Å². The van der Waals surface area contributed by atoms with Crippen molar-refractivity contribution in [1.29, 1.82) is 0 Å². The van der Waals surface area contributed by atoms with E-state index in [2.05, 4.69) is 36.6 Å². The maximum Gasteiger partial charge on any atom is 0.179 e. The second-order valence-corrected chi connectivity index (χ2v) is 3.57. The van der Waals surface area contributed by atoms with Crippen LogP contribution in [-0.4, -0.2) is 20.6 Å². The van der Waals surface area contributed by atoms with Gasteiger partial charge in [-0.1, -0.05) is 28.1 Å². The summed E-state index contributed by atoms with van der Waals surface area (Å²) < 4.78 is 1.06. The highest BCUT2D eigenvalue weighted by Crippen LogP contribution is 2.22. The van der Waals surface area contributed by atoms with Crippen molar-refractivity contribution in [3.05, 3.63) is 28.2 Å². The molecule has 0 amide bonds. The molecule has 0 aliphatic rings. The van der Waals surface area contributed by atoms with Gasteiger partial charge in [-0.2, -0.15) is 0 Å². The minimum Gasteiger partial charge on any atom is -0.239 e. The van der Waals surface area contributed by atoms with E-state index < -0.39 is 0 Å². The van der Waals surface area contributed by atoms with Crippen LogP contribution in [0.15, 0.2) is 22.7 Å². The minimum atomic E-state index is 0.681. The minimum absolute atomic E-state index is 0.681. The molecule has 0 unspecified atom stereocenters. The Labute approximate surface area is 83.5 Å². The first kappa shape index (κ1) is 8.37. The predicted molar refractivity (Wildman–Crippen MR) is 52.1 cm³/mol. The monoisotopic (exact) mass is 238 g/mol. The number of aryl methyl sites for hydroxylation is 1. The van der Waals surface area contributed by atoms with Crippen molar-refractivity contribution in [2.24, 2.45) is 0 Å². The number of nitrogens with zero attached hydrogens (tertiary/aromatic N) is 3. The molecule has 4 nitrogen and oxygen atoms in total. The number of benzene rings is 1. The molecule has 13 heavy (non-hydrogen) atoms. The third-order valence-electron chi connectivity index (χ3n) is 1.79. The Morgan fingerprint density at radius 3 is 2.85 bits per heavy atom. The first-order valence-corrected chi connectivity index (χ1v) is 4.57. The van der Waals surface area contributed by atoms with Crippen LogP contribution in [-0.2, 0) is 0 Å². The molecule has 0 saturated carbocycles. The molecule has 1 aromatic heterocycles. The van der Waals surface area contributed by atoms with Crippen LogP contribution in [0.4, 0.5) is 0 Å². The lowest BCUT2D eigenvalue weighted by molar-refractivity contribution is 0.881. The molecular formula is C8H7BrN4. The van der Waals surface area contributed by atoms with Crippen LogP contribution in [0.5, 0.6) is 0 Å². The maximum absolute atomic E-state index is 3.82. The number of halogens is 1. The number of rotatable bonds is 1. The van der Waals surface area contributed by atoms with Crippen molar-refractivity contribution >= 4 is 15.9 Å². The Kier molecular flexibility index (Phi) is 2.10. The van der Waals surface area contributed by atoms with E-state index in [1.54, 1.807) is 0 Å². The van der Waals surface area contributed by atoms with Gasteiger partial charge in [-0.15, -0.1) is 5.10 Å². The molecule has 0 radical (unpaired) electrons. The van der Waals surface area contributed by atoms with Gasteiger partial charge in [-0.3, -0.25) is 0 Å². The summed E-state index contributed by atoms with van der Waals surface area (Å²) in [6, 6.07) is 5.97. The largest absolute Gasteiger partial charge is 0.239 e. The van der Waals surface area contributed by atoms with E-state index in [0.717, 1.165) is 10.0 Å². The maximum atomic E-state index is 3.82. The van der Waals surface area contributed by atoms with Gasteiger partial charge in [0.2, 0.25) is 0 Å². The zero-order valence-corrected chi connectivity index (χ0v) is 8.54. The summed E-state index contributed by atoms with van der Waals surface area (Å²) in [6.45, 7) is 2.03. The Hall–Kier alpha value is -1.23. The van der Waals surface area contributed by atoms with Crippen LogP contribution in [0.25, 0.3) is 11.4 Å². The highest BCUT2D eigenvalue weighted by molar-refractivity contribution is 9.10. The van der Waals surface area contributed by atoms with Gasteiger partial charge < -0.3 is 0 Å². The number of aromatic nitrogens is 4. The first-order valence-electron chi connectivity index (χ1n) is 3.77. The average Bonchev–Trinajstić information content (AvgIpc) is 2.62. The molecule has 1 aromatic carbocycles. The fourth-order valence-corrected chi connectivity index (χ4v) is 1.40. The Morgan fingerprint density at radius 2 is 2.23 bits per heavy atom. The molecule has 0 fully saturated rings. The lowest BCUT2D eigenvalue weighted by Gasteiger charge is -1.99. The van der Waals surface area contributed by atoms with Gasteiger partial charge in [0, 0.05) is 10.0 Å². The van der Waals surface area contributed by atoms with Crippen molar-refractivity contribution in [3.63, 3.8) is 0 Å². The van der Waals surface area contributed by atoms with Crippen molar-refractivity contribution in [1.82, 2.24) is 20.6 Å². The van der Waals surface area contributed by atoms with Crippen molar-refractivity contribution in [3.8, 4) is 11.4 Å². The van der Waals surface area contributed by atoms with E-state index in [1.165, 1.54) is 5.56 Å². The van der Waals surface area contributed by atoms with Gasteiger partial charge in [0.1, 0.15) is 0 Å². The summed E-state index contributed by atoms with van der Waals surface area (Å²) in [4.78, 5) is 0. The zero-order valence-electron chi connectivity index (χ0n) is 6.95. The van der Waals surface area contributed by atoms with E-state index in [-0.39, 0.29) is 0 Å². The first-order chi connectivity index (χ1) is 6.27. The highest BCUT2D eigenvalue weighted by Gasteiger charge is 2.02. The van der Waals surface area contributed by atoms with Crippen molar-refractivity contribution in [2.45, 2.75) is 6.92 Å². The molecule has 0 aliphatic carbocycles. The number of tetrazole rings is 1. The Bertz CT molecular complexity index is 410. The van der Waals surface area contributed by atoms with Gasteiger partial charge >= 0.3 is 0 Å². The van der Waals surface area contributed by atoms with Crippen molar-refractivity contribution < 1.29 is 0 Å². The molecule has 0 spiro atoms. The predicted octanol–water partition coefficient (Wildman–Crippen LogP) is 1.94. The fraction of sp³-hybridized carbons (Fsp3) is 0.125. The highest BCUT2D eigenvalue weighted by atomic mass is 79.9. The summed E-state index contributed by atoms with van der Waals surface area (Å²) in [6.07, 6.45) is 0. The van der Waals surface area contributed by atoms with Gasteiger partial charge in [-0.05, 0) is 29.0 Å². The lowest BCUT2D eigenvalue weighted by atomic mass is 10.1. The summed E-state index contributed by atoms with van der Waals surface area (Å²) in [5, 5.41) is 13.6. The quantitative estimate of drug-likeness (QED) is 0.827. The third kappa shape index (κ3) is 1.60. The van der Waals surface area contributed by atoms with Crippen LogP contribution in [0.1, 0.15) is 5.56 Å². The number of hydrogen-bond donors (Lipinski definition) is 1. The standard InChI is InChI=1S/C8H7BrN4/c1-5-2-3-6(4-7(5)9)8-10-12-13-11-8/h2-4H,1H3,(H,10,11,12,13). The van der Waals surface area contributed by atoms with E-state index in [1.807, 2.05) is 25.1 Å². The van der Waals surface area contributed by atoms with Gasteiger partial charge in [0.05, 0.1) is 0 Å². The van der Waals surface area contributed by atoms with E-state index in [9.17, 15) is 0 Å². The number of nitrogens with one attached hydrogen (secondary N) is 1. The Balaban J connectivity index is 2.49. The number of H-pyrrole nitrogens is 1. The summed E-state index contributed by atoms with van der Waals surface area (Å²) in [5.74, 6) is 0.681. The van der Waals surface area contributed by atoms with Crippen molar-refractivity contribution in [2.75, 3.05) is 0 Å². The molecule has 1 heterocycles. The molecule has 2 rings (SSSR count). The average molecular weight is 239 g/mol. The van der Waals surface area contributed by atoms with Crippen LogP contribution < -0.4 is 0 Å². The molecule has 66 valence electrons. The molecule has 0 bridgehead atoms. The fourth-order valence-electron chi connectivity index (χ4n) is 1.02. The van der Waals surface area contributed by atoms with Crippen LogP contribution in [0, 0.1) is 6.92 Å². The van der Waals surface area contributed by atoms with E-state index in [4.69, 9.17) is 0 Å². The van der Waals surface area contributed by atoms with Crippen LogP contribution in [0.2, 0.25) is 0 Å². The molecule has 0 aliphatic heterocycles. The number of aromatic amines is 1. The molecular weight excluding hydrogens is 232 g/mol. The summed E-state index contributed by atoms with van der Waals surface area (Å²) >= 11 is 3.45. The molecule has 0 atom stereocenters.